The molecule has 1 aliphatic rings. The number of aromatic nitrogens is 1. The van der Waals surface area contributed by atoms with E-state index < -0.39 is 0 Å². The van der Waals surface area contributed by atoms with Gasteiger partial charge in [0.05, 0.1) is 28.8 Å². The summed E-state index contributed by atoms with van der Waals surface area (Å²) in [6, 6.07) is 15.7. The maximum atomic E-state index is 13.1. The van der Waals surface area contributed by atoms with Gasteiger partial charge in [-0.25, -0.2) is 4.98 Å². The van der Waals surface area contributed by atoms with Gasteiger partial charge in [-0.1, -0.05) is 30.0 Å². The highest BCUT2D eigenvalue weighted by Crippen LogP contribution is 2.34. The minimum absolute atomic E-state index is 0.0822. The first-order chi connectivity index (χ1) is 15.1. The van der Waals surface area contributed by atoms with E-state index in [9.17, 15) is 4.79 Å². The third-order valence-electron chi connectivity index (χ3n) is 5.15. The standard InChI is InChI=1S/C24H23N3O3S/c1-16-5-3-6-19-17(2)13-22(26-24(16)19)31-15-23(28)27(10-4-9-25)18-7-8-20-21(14-18)30-12-11-29-20/h3,5-8,13-14H,4,10-12,15H2,1-2H3. The molecule has 0 radical (unpaired) electrons. The van der Waals surface area contributed by atoms with E-state index >= 15 is 0 Å². The number of nitrogens with zero attached hydrogens (tertiary/aromatic N) is 3. The Hall–Kier alpha value is -3.24. The molecule has 2 aromatic carbocycles. The lowest BCUT2D eigenvalue weighted by atomic mass is 10.1. The van der Waals surface area contributed by atoms with Crippen LogP contribution in [0.4, 0.5) is 5.69 Å². The third-order valence-corrected chi connectivity index (χ3v) is 6.05. The number of carbonyl (C=O) groups excluding carboxylic acids is 1. The fourth-order valence-electron chi connectivity index (χ4n) is 3.58. The molecule has 0 saturated carbocycles. The van der Waals surface area contributed by atoms with Crippen LogP contribution in [0.15, 0.2) is 47.5 Å². The number of anilines is 1. The summed E-state index contributed by atoms with van der Waals surface area (Å²) in [7, 11) is 0. The van der Waals surface area contributed by atoms with Crippen LogP contribution in [0.3, 0.4) is 0 Å². The number of nitriles is 1. The lowest BCUT2D eigenvalue weighted by Crippen LogP contribution is -2.33. The topological polar surface area (TPSA) is 75.5 Å². The molecule has 6 nitrogen and oxygen atoms in total. The molecule has 0 spiro atoms. The number of hydrogen-bond donors (Lipinski definition) is 0. The fraction of sp³-hybridized carbons (Fsp3) is 0.292. The van der Waals surface area contributed by atoms with Crippen molar-refractivity contribution >= 4 is 34.3 Å². The molecule has 1 amide bonds. The third kappa shape index (κ3) is 4.59. The van der Waals surface area contributed by atoms with Crippen LogP contribution < -0.4 is 14.4 Å². The highest BCUT2D eigenvalue weighted by molar-refractivity contribution is 7.99. The van der Waals surface area contributed by atoms with Crippen molar-refractivity contribution in [1.29, 1.82) is 5.26 Å². The van der Waals surface area contributed by atoms with E-state index in [2.05, 4.69) is 19.1 Å². The van der Waals surface area contributed by atoms with Gasteiger partial charge in [0.1, 0.15) is 13.2 Å². The molecule has 158 valence electrons. The number of rotatable bonds is 6. The second kappa shape index (κ2) is 9.27. The molecule has 4 rings (SSSR count). The molecule has 0 aliphatic carbocycles. The van der Waals surface area contributed by atoms with Crippen LogP contribution in [0.5, 0.6) is 11.5 Å². The maximum absolute atomic E-state index is 13.1. The predicted molar refractivity (Wildman–Crippen MR) is 122 cm³/mol. The zero-order valence-electron chi connectivity index (χ0n) is 17.6. The van der Waals surface area contributed by atoms with E-state index in [1.807, 2.05) is 31.2 Å². The average molecular weight is 434 g/mol. The number of fused-ring (bicyclic) bond motifs is 2. The predicted octanol–water partition coefficient (Wildman–Crippen LogP) is 4.66. The van der Waals surface area contributed by atoms with Gasteiger partial charge in [0.15, 0.2) is 11.5 Å². The molecule has 1 aliphatic heterocycles. The molecule has 0 bridgehead atoms. The Morgan fingerprint density at radius 3 is 2.74 bits per heavy atom. The first-order valence-electron chi connectivity index (χ1n) is 10.1. The Kier molecular flexibility index (Phi) is 6.28. The summed E-state index contributed by atoms with van der Waals surface area (Å²) in [6.07, 6.45) is 0.247. The van der Waals surface area contributed by atoms with E-state index in [4.69, 9.17) is 19.7 Å². The van der Waals surface area contributed by atoms with Gasteiger partial charge in [0, 0.05) is 23.7 Å². The number of pyridine rings is 1. The van der Waals surface area contributed by atoms with Crippen molar-refractivity contribution in [3.05, 3.63) is 53.6 Å². The molecule has 0 saturated heterocycles. The number of para-hydroxylation sites is 1. The number of amides is 1. The number of hydrogen-bond acceptors (Lipinski definition) is 6. The summed E-state index contributed by atoms with van der Waals surface area (Å²) in [6.45, 7) is 5.41. The molecule has 1 aromatic heterocycles. The summed E-state index contributed by atoms with van der Waals surface area (Å²) < 4.78 is 11.2. The first kappa shape index (κ1) is 21.0. The van der Waals surface area contributed by atoms with Crippen molar-refractivity contribution in [3.63, 3.8) is 0 Å². The monoisotopic (exact) mass is 433 g/mol. The molecule has 3 aromatic rings. The second-order valence-electron chi connectivity index (χ2n) is 7.32. The zero-order valence-corrected chi connectivity index (χ0v) is 18.4. The number of thioether (sulfide) groups is 1. The van der Waals surface area contributed by atoms with E-state index in [1.54, 1.807) is 17.0 Å². The maximum Gasteiger partial charge on any atom is 0.237 e. The molecule has 2 heterocycles. The Bertz CT molecular complexity index is 1170. The minimum Gasteiger partial charge on any atom is -0.486 e. The quantitative estimate of drug-likeness (QED) is 0.526. The highest BCUT2D eigenvalue weighted by Gasteiger charge is 2.20. The summed E-state index contributed by atoms with van der Waals surface area (Å²) in [5, 5.41) is 11.0. The van der Waals surface area contributed by atoms with E-state index in [0.29, 0.717) is 36.9 Å². The number of benzene rings is 2. The largest absolute Gasteiger partial charge is 0.486 e. The zero-order chi connectivity index (χ0) is 21.8. The number of ether oxygens (including phenoxy) is 2. The Morgan fingerprint density at radius 2 is 1.94 bits per heavy atom. The summed E-state index contributed by atoms with van der Waals surface area (Å²) >= 11 is 1.41. The Balaban J connectivity index is 1.54. The molecule has 0 fully saturated rings. The molecule has 0 unspecified atom stereocenters. The normalized spacial score (nSPS) is 12.4. The molecular weight excluding hydrogens is 410 g/mol. The molecular formula is C24H23N3O3S. The second-order valence-corrected chi connectivity index (χ2v) is 8.31. The minimum atomic E-state index is -0.0822. The van der Waals surface area contributed by atoms with Crippen molar-refractivity contribution in [2.75, 3.05) is 30.4 Å². The molecule has 7 heteroatoms. The van der Waals surface area contributed by atoms with Crippen LogP contribution in [-0.4, -0.2) is 36.4 Å². The van der Waals surface area contributed by atoms with Gasteiger partial charge in [-0.3, -0.25) is 4.79 Å². The summed E-state index contributed by atoms with van der Waals surface area (Å²) in [4.78, 5) is 19.5. The summed E-state index contributed by atoms with van der Waals surface area (Å²) in [5.41, 5.74) is 3.91. The highest BCUT2D eigenvalue weighted by atomic mass is 32.2. The van der Waals surface area contributed by atoms with Gasteiger partial charge in [-0.05, 0) is 43.2 Å². The number of aryl methyl sites for hydroxylation is 2. The van der Waals surface area contributed by atoms with E-state index in [0.717, 1.165) is 27.1 Å². The van der Waals surface area contributed by atoms with Gasteiger partial charge in [-0.15, -0.1) is 0 Å². The number of carbonyl (C=O) groups is 1. The van der Waals surface area contributed by atoms with Gasteiger partial charge >= 0.3 is 0 Å². The van der Waals surface area contributed by atoms with Crippen LogP contribution in [-0.2, 0) is 4.79 Å². The summed E-state index contributed by atoms with van der Waals surface area (Å²) in [5.74, 6) is 1.43. The smallest absolute Gasteiger partial charge is 0.237 e. The lowest BCUT2D eigenvalue weighted by Gasteiger charge is -2.24. The average Bonchev–Trinajstić information content (AvgIpc) is 2.78. The van der Waals surface area contributed by atoms with Crippen molar-refractivity contribution in [1.82, 2.24) is 4.98 Å². The lowest BCUT2D eigenvalue weighted by molar-refractivity contribution is -0.116. The first-order valence-corrected chi connectivity index (χ1v) is 11.1. The van der Waals surface area contributed by atoms with Crippen LogP contribution >= 0.6 is 11.8 Å². The van der Waals surface area contributed by atoms with Gasteiger partial charge < -0.3 is 14.4 Å². The molecule has 31 heavy (non-hydrogen) atoms. The molecule has 0 N–H and O–H groups in total. The van der Waals surface area contributed by atoms with Crippen molar-refractivity contribution < 1.29 is 14.3 Å². The van der Waals surface area contributed by atoms with E-state index in [-0.39, 0.29) is 18.1 Å². The van der Waals surface area contributed by atoms with Crippen LogP contribution in [0.1, 0.15) is 17.5 Å². The molecule has 0 atom stereocenters. The van der Waals surface area contributed by atoms with Crippen LogP contribution in [0.25, 0.3) is 10.9 Å². The van der Waals surface area contributed by atoms with E-state index in [1.165, 1.54) is 11.8 Å². The van der Waals surface area contributed by atoms with Crippen LogP contribution in [0.2, 0.25) is 0 Å². The Labute approximate surface area is 185 Å². The van der Waals surface area contributed by atoms with Crippen molar-refractivity contribution in [3.8, 4) is 17.6 Å². The van der Waals surface area contributed by atoms with Crippen molar-refractivity contribution in [2.45, 2.75) is 25.3 Å². The SMILES string of the molecule is Cc1cc(SCC(=O)N(CCC#N)c2ccc3c(c2)OCCO3)nc2c(C)cccc12. The Morgan fingerprint density at radius 1 is 1.13 bits per heavy atom. The van der Waals surface area contributed by atoms with Gasteiger partial charge in [0.25, 0.3) is 0 Å². The van der Waals surface area contributed by atoms with Crippen molar-refractivity contribution in [2.24, 2.45) is 0 Å². The fourth-order valence-corrected chi connectivity index (χ4v) is 4.42. The van der Waals surface area contributed by atoms with Gasteiger partial charge in [0.2, 0.25) is 5.91 Å². The van der Waals surface area contributed by atoms with Crippen LogP contribution in [0, 0.1) is 25.2 Å². The van der Waals surface area contributed by atoms with Gasteiger partial charge in [-0.2, -0.15) is 5.26 Å².